The lowest BCUT2D eigenvalue weighted by atomic mass is 9.77. The fraction of sp³-hybridized carbons (Fsp3) is 0.286. The third-order valence-electron chi connectivity index (χ3n) is 7.95. The van der Waals surface area contributed by atoms with Gasteiger partial charge in [0, 0.05) is 44.4 Å². The van der Waals surface area contributed by atoms with E-state index in [4.69, 9.17) is 4.74 Å². The van der Waals surface area contributed by atoms with Gasteiger partial charge in [0.1, 0.15) is 12.4 Å². The minimum atomic E-state index is -1.39. The molecule has 1 amide bonds. The Morgan fingerprint density at radius 3 is 2.78 bits per heavy atom. The average molecular weight is 559 g/mol. The van der Waals surface area contributed by atoms with Crippen molar-refractivity contribution < 1.29 is 14.5 Å². The number of rotatable bonds is 5. The lowest BCUT2D eigenvalue weighted by molar-refractivity contribution is -0.534. The summed E-state index contributed by atoms with van der Waals surface area (Å²) in [6, 6.07) is 20.8. The Morgan fingerprint density at radius 2 is 1.97 bits per heavy atom. The number of fused-ring (bicyclic) bond motifs is 4. The molecule has 0 aromatic heterocycles. The number of hydrogen-bond acceptors (Lipinski definition) is 6. The van der Waals surface area contributed by atoms with E-state index < -0.39 is 17.5 Å². The van der Waals surface area contributed by atoms with Crippen LogP contribution in [-0.2, 0) is 16.9 Å². The molecule has 0 bridgehead atoms. The van der Waals surface area contributed by atoms with Gasteiger partial charge in [-0.3, -0.25) is 19.8 Å². The first-order valence-corrected chi connectivity index (χ1v) is 13.0. The van der Waals surface area contributed by atoms with Crippen LogP contribution in [0.2, 0.25) is 0 Å². The molecule has 3 aromatic rings. The summed E-state index contributed by atoms with van der Waals surface area (Å²) in [5.74, 6) is -0.401. The number of para-hydroxylation sites is 1. The highest BCUT2D eigenvalue weighted by atomic mass is 79.9. The van der Waals surface area contributed by atoms with Crippen molar-refractivity contribution in [2.24, 2.45) is 0 Å². The summed E-state index contributed by atoms with van der Waals surface area (Å²) in [4.78, 5) is 28.4. The molecule has 6 rings (SSSR count). The highest BCUT2D eigenvalue weighted by Crippen LogP contribution is 2.59. The van der Waals surface area contributed by atoms with Crippen LogP contribution in [0, 0.1) is 21.4 Å². The molecule has 9 heteroatoms. The third kappa shape index (κ3) is 3.47. The van der Waals surface area contributed by atoms with Gasteiger partial charge in [0.05, 0.1) is 17.6 Å². The normalized spacial score (nSPS) is 25.9. The van der Waals surface area contributed by atoms with Gasteiger partial charge < -0.3 is 10.1 Å². The number of anilines is 1. The molecule has 0 aliphatic carbocycles. The summed E-state index contributed by atoms with van der Waals surface area (Å²) >= 11 is 3.54. The number of nitriles is 1. The van der Waals surface area contributed by atoms with Crippen LogP contribution in [0.3, 0.4) is 0 Å². The zero-order valence-electron chi connectivity index (χ0n) is 19.8. The summed E-state index contributed by atoms with van der Waals surface area (Å²) in [6.07, 6.45) is 1.60. The van der Waals surface area contributed by atoms with E-state index in [0.717, 1.165) is 22.9 Å². The Kier molecular flexibility index (Phi) is 5.74. The smallest absolute Gasteiger partial charge is 0.256 e. The molecule has 1 spiro atoms. The molecule has 4 atom stereocenters. The molecule has 2 saturated heterocycles. The van der Waals surface area contributed by atoms with Gasteiger partial charge in [-0.05, 0) is 43.2 Å². The molecule has 0 unspecified atom stereocenters. The van der Waals surface area contributed by atoms with Crippen molar-refractivity contribution in [1.82, 2.24) is 4.90 Å². The van der Waals surface area contributed by atoms with E-state index in [9.17, 15) is 20.2 Å². The fourth-order valence-electron chi connectivity index (χ4n) is 6.57. The summed E-state index contributed by atoms with van der Waals surface area (Å²) in [7, 11) is 0. The minimum Gasteiger partial charge on any atom is -0.489 e. The molecule has 3 aromatic carbocycles. The van der Waals surface area contributed by atoms with Crippen LogP contribution in [0.15, 0.2) is 71.2 Å². The number of benzene rings is 3. The number of nitro groups is 1. The third-order valence-corrected chi connectivity index (χ3v) is 8.44. The quantitative estimate of drug-likeness (QED) is 0.350. The first kappa shape index (κ1) is 23.6. The molecular weight excluding hydrogens is 536 g/mol. The molecular formula is C28H23BrN4O4. The van der Waals surface area contributed by atoms with Crippen LogP contribution in [0.1, 0.15) is 41.0 Å². The van der Waals surface area contributed by atoms with Crippen molar-refractivity contribution in [3.05, 3.63) is 104 Å². The Balaban J connectivity index is 1.48. The van der Waals surface area contributed by atoms with Crippen molar-refractivity contribution in [2.45, 2.75) is 43.0 Å². The maximum absolute atomic E-state index is 13.7. The molecule has 3 heterocycles. The lowest BCUT2D eigenvalue weighted by Gasteiger charge is -2.32. The van der Waals surface area contributed by atoms with E-state index in [1.807, 2.05) is 42.5 Å². The number of nitrogens with zero attached hydrogens (tertiary/aromatic N) is 3. The van der Waals surface area contributed by atoms with Crippen LogP contribution in [0.25, 0.3) is 0 Å². The van der Waals surface area contributed by atoms with Gasteiger partial charge >= 0.3 is 0 Å². The number of hydrogen-bond donors (Lipinski definition) is 1. The van der Waals surface area contributed by atoms with E-state index in [-0.39, 0.29) is 23.5 Å². The summed E-state index contributed by atoms with van der Waals surface area (Å²) in [6.45, 7) is 0.754. The standard InChI is InChI=1S/C28H23BrN4O4/c29-19-11-12-24(37-16-18-7-2-1-6-17(18)15-30)20(14-19)25-23-10-5-13-32(23)28(26(25)33(35)36)21-8-3-4-9-22(21)31-27(28)34/h1-4,6-9,11-12,14,23,25-26H,5,10,13,16H2,(H,31,34)/t23-,25+,26+,28-/m0/s1. The highest BCUT2D eigenvalue weighted by molar-refractivity contribution is 9.10. The number of carbonyl (C=O) groups is 1. The van der Waals surface area contributed by atoms with Crippen LogP contribution < -0.4 is 10.1 Å². The topological polar surface area (TPSA) is 108 Å². The van der Waals surface area contributed by atoms with Crippen molar-refractivity contribution in [2.75, 3.05) is 11.9 Å². The maximum Gasteiger partial charge on any atom is 0.256 e. The van der Waals surface area contributed by atoms with Gasteiger partial charge in [-0.1, -0.05) is 52.3 Å². The molecule has 3 aliphatic rings. The van der Waals surface area contributed by atoms with Crippen molar-refractivity contribution in [1.29, 1.82) is 5.26 Å². The van der Waals surface area contributed by atoms with Crippen molar-refractivity contribution >= 4 is 27.5 Å². The first-order chi connectivity index (χ1) is 18.0. The number of carbonyl (C=O) groups excluding carboxylic acids is 1. The van der Waals surface area contributed by atoms with Crippen LogP contribution in [0.5, 0.6) is 5.75 Å². The largest absolute Gasteiger partial charge is 0.489 e. The monoisotopic (exact) mass is 558 g/mol. The molecule has 0 saturated carbocycles. The van der Waals surface area contributed by atoms with Gasteiger partial charge in [0.15, 0.2) is 5.54 Å². The lowest BCUT2D eigenvalue weighted by Crippen LogP contribution is -2.55. The average Bonchev–Trinajstić information content (AvgIpc) is 3.56. The Labute approximate surface area is 222 Å². The van der Waals surface area contributed by atoms with E-state index in [1.165, 1.54) is 0 Å². The number of halogens is 1. The molecule has 1 N–H and O–H groups in total. The van der Waals surface area contributed by atoms with Gasteiger partial charge in [-0.25, -0.2) is 0 Å². The number of amides is 1. The zero-order chi connectivity index (χ0) is 25.7. The zero-order valence-corrected chi connectivity index (χ0v) is 21.3. The second kappa shape index (κ2) is 8.98. The second-order valence-electron chi connectivity index (χ2n) is 9.66. The maximum atomic E-state index is 13.7. The van der Waals surface area contributed by atoms with E-state index in [1.54, 1.807) is 24.3 Å². The Bertz CT molecular complexity index is 1470. The van der Waals surface area contributed by atoms with Gasteiger partial charge in [0.25, 0.3) is 11.9 Å². The summed E-state index contributed by atoms with van der Waals surface area (Å²) in [5, 5.41) is 25.3. The van der Waals surface area contributed by atoms with Crippen LogP contribution >= 0.6 is 15.9 Å². The molecule has 3 aliphatic heterocycles. The van der Waals surface area contributed by atoms with Crippen molar-refractivity contribution in [3.8, 4) is 11.8 Å². The minimum absolute atomic E-state index is 0.150. The van der Waals surface area contributed by atoms with Gasteiger partial charge in [0.2, 0.25) is 0 Å². The SMILES string of the molecule is N#Cc1ccccc1COc1ccc(Br)cc1[C@@H]1[C@@H]2CCCN2[C@]2(C(=O)Nc3ccccc32)[C@@H]1[N+](=O)[O-]. The van der Waals surface area contributed by atoms with Crippen LogP contribution in [-0.4, -0.2) is 34.4 Å². The predicted molar refractivity (Wildman–Crippen MR) is 140 cm³/mol. The van der Waals surface area contributed by atoms with E-state index in [2.05, 4.69) is 32.2 Å². The molecule has 37 heavy (non-hydrogen) atoms. The number of nitrogens with one attached hydrogen (secondary N) is 1. The van der Waals surface area contributed by atoms with Gasteiger partial charge in [-0.2, -0.15) is 5.26 Å². The molecule has 2 fully saturated rings. The second-order valence-corrected chi connectivity index (χ2v) is 10.6. The Morgan fingerprint density at radius 1 is 1.19 bits per heavy atom. The van der Waals surface area contributed by atoms with E-state index in [0.29, 0.717) is 34.7 Å². The number of ether oxygens (including phenoxy) is 1. The summed E-state index contributed by atoms with van der Waals surface area (Å²) < 4.78 is 7.02. The molecule has 186 valence electrons. The van der Waals surface area contributed by atoms with E-state index >= 15 is 0 Å². The predicted octanol–water partition coefficient (Wildman–Crippen LogP) is 4.95. The fourth-order valence-corrected chi connectivity index (χ4v) is 6.95. The van der Waals surface area contributed by atoms with Gasteiger partial charge in [-0.15, -0.1) is 0 Å². The Hall–Kier alpha value is -3.74. The van der Waals surface area contributed by atoms with Crippen LogP contribution in [0.4, 0.5) is 5.69 Å². The molecule has 0 radical (unpaired) electrons. The summed E-state index contributed by atoms with van der Waals surface area (Å²) in [5.41, 5.74) is 1.85. The first-order valence-electron chi connectivity index (χ1n) is 12.2. The van der Waals surface area contributed by atoms with Crippen molar-refractivity contribution in [3.63, 3.8) is 0 Å². The highest BCUT2D eigenvalue weighted by Gasteiger charge is 2.73. The molecule has 8 nitrogen and oxygen atoms in total.